The fraction of sp³-hybridized carbons (Fsp3) is 0.449. The molecule has 1 aliphatic rings. The zero-order valence-electron chi connectivity index (χ0n) is 40.9. The number of primary amides is 1. The molecule has 2 aromatic carbocycles. The fourth-order valence-electron chi connectivity index (χ4n) is 8.23. The van der Waals surface area contributed by atoms with E-state index in [9.17, 15) is 43.2 Å². The molecule has 0 bridgehead atoms. The molecule has 392 valence electrons. The highest BCUT2D eigenvalue weighted by molar-refractivity contribution is 5.98. The van der Waals surface area contributed by atoms with Crippen LogP contribution in [0.1, 0.15) is 82.0 Å². The van der Waals surface area contributed by atoms with Crippen molar-refractivity contribution in [3.63, 3.8) is 0 Å². The number of nitrogens with one attached hydrogen (secondary N) is 12. The number of guanidine groups is 1. The minimum atomic E-state index is -1.44. The Morgan fingerprint density at radius 3 is 2.16 bits per heavy atom. The number of benzene rings is 2. The molecule has 1 fully saturated rings. The van der Waals surface area contributed by atoms with Gasteiger partial charge in [-0.15, -0.1) is 0 Å². The number of aromatic nitrogens is 3. The van der Waals surface area contributed by atoms with Crippen LogP contribution in [0.4, 0.5) is 0 Å². The number of hydrogen-bond donors (Lipinski definition) is 14. The van der Waals surface area contributed by atoms with E-state index in [0.29, 0.717) is 29.7 Å². The summed E-state index contributed by atoms with van der Waals surface area (Å²) in [6.07, 6.45) is 4.99. The third-order valence-corrected chi connectivity index (χ3v) is 12.1. The van der Waals surface area contributed by atoms with Crippen molar-refractivity contribution < 1.29 is 43.2 Å². The number of hydrogen-bond acceptors (Lipinski definition) is 11. The van der Waals surface area contributed by atoms with Crippen molar-refractivity contribution in [2.45, 2.75) is 127 Å². The number of rotatable bonds is 19. The molecule has 24 nitrogen and oxygen atoms in total. The Balaban J connectivity index is 1.51. The number of nitrogens with zero attached hydrogens (tertiary/aromatic N) is 1. The fourth-order valence-corrected chi connectivity index (χ4v) is 8.23. The highest BCUT2D eigenvalue weighted by Gasteiger charge is 2.35. The first kappa shape index (κ1) is 55.6. The Kier molecular flexibility index (Phi) is 21.3. The van der Waals surface area contributed by atoms with Gasteiger partial charge in [-0.05, 0) is 49.3 Å². The Morgan fingerprint density at radius 1 is 0.795 bits per heavy atom. The summed E-state index contributed by atoms with van der Waals surface area (Å²) in [5.41, 5.74) is 13.8. The molecule has 5 rings (SSSR count). The summed E-state index contributed by atoms with van der Waals surface area (Å²) in [6, 6.07) is 6.70. The largest absolute Gasteiger partial charge is 0.370 e. The van der Waals surface area contributed by atoms with E-state index in [1.807, 2.05) is 31.2 Å². The van der Waals surface area contributed by atoms with Crippen molar-refractivity contribution in [1.82, 2.24) is 62.8 Å². The van der Waals surface area contributed by atoms with Crippen molar-refractivity contribution in [2.24, 2.45) is 11.5 Å². The second-order valence-corrected chi connectivity index (χ2v) is 17.8. The molecular formula is C49H67N15O9. The van der Waals surface area contributed by atoms with Crippen molar-refractivity contribution in [2.75, 3.05) is 13.1 Å². The van der Waals surface area contributed by atoms with Crippen LogP contribution >= 0.6 is 0 Å². The highest BCUT2D eigenvalue weighted by Crippen LogP contribution is 2.19. The molecule has 4 aromatic rings. The number of H-pyrrole nitrogens is 2. The van der Waals surface area contributed by atoms with Gasteiger partial charge in [0.15, 0.2) is 5.96 Å². The number of nitrogens with two attached hydrogens (primary N) is 2. The van der Waals surface area contributed by atoms with Gasteiger partial charge in [0.05, 0.1) is 12.0 Å². The minimum absolute atomic E-state index is 0.0170. The molecular weight excluding hydrogens is 943 g/mol. The SMILES string of the molecule is CCCC[C@H](NC(C)=O)C(=O)NC1CCC(=O)NCCC(C(=O)N[C@@H](Cc2c[nH]c3ccccc23)C(N)=O)NC(=O)[C@H](CCCNC(=N)N)NC(=O)C(Cc2ccccc2)NC(=O)[C@H](Cc2c[nH]cn2)NC1=O. The molecule has 0 spiro atoms. The van der Waals surface area contributed by atoms with Crippen molar-refractivity contribution in [1.29, 1.82) is 5.41 Å². The van der Waals surface area contributed by atoms with Crippen molar-refractivity contribution in [3.8, 4) is 0 Å². The summed E-state index contributed by atoms with van der Waals surface area (Å²) < 4.78 is 0. The molecule has 73 heavy (non-hydrogen) atoms. The molecule has 1 saturated heterocycles. The van der Waals surface area contributed by atoms with Gasteiger partial charge < -0.3 is 69.3 Å². The molecule has 2 aromatic heterocycles. The van der Waals surface area contributed by atoms with Crippen molar-refractivity contribution in [3.05, 3.63) is 90.1 Å². The van der Waals surface area contributed by atoms with Gasteiger partial charge in [0.25, 0.3) is 0 Å². The van der Waals surface area contributed by atoms with Gasteiger partial charge in [0.1, 0.15) is 42.3 Å². The summed E-state index contributed by atoms with van der Waals surface area (Å²) in [5, 5.41) is 32.5. The second kappa shape index (κ2) is 27.9. The topological polar surface area (TPSA) is 382 Å². The van der Waals surface area contributed by atoms with Crippen LogP contribution in [0.25, 0.3) is 10.9 Å². The summed E-state index contributed by atoms with van der Waals surface area (Å²) in [4.78, 5) is 135. The monoisotopic (exact) mass is 1010 g/mol. The Hall–Kier alpha value is -8.31. The zero-order valence-corrected chi connectivity index (χ0v) is 40.9. The standard InChI is InChI=1S/C49H67N15O9/c1-3-4-14-34(58-28(2)65)43(68)60-36-17-18-41(66)54-21-19-37(46(71)62-38(42(50)67)23-30-25-56-33-15-9-8-13-32(30)33)61-44(69)35(16-10-20-55-49(51)52)59-47(72)39(22-29-11-6-5-7-12-29)63-48(73)40(64-45(36)70)24-31-26-53-27-57-31/h5-9,11-13,15,25-27,34-40,56H,3-4,10,14,16-24H2,1-2H3,(H2,50,67)(H,53,57)(H,54,66)(H,58,65)(H,59,72)(H,60,68)(H,61,69)(H,62,71)(H,63,73)(H,64,70)(H4,51,52,55)/t34-,35-,36?,37?,38-,39?,40-/m0/s1. The second-order valence-electron chi connectivity index (χ2n) is 17.8. The first-order valence-corrected chi connectivity index (χ1v) is 24.3. The number of imidazole rings is 1. The number of fused-ring (bicyclic) bond motifs is 1. The van der Waals surface area contributed by atoms with Gasteiger partial charge >= 0.3 is 0 Å². The molecule has 7 atom stereocenters. The molecule has 9 amide bonds. The predicted octanol–water partition coefficient (Wildman–Crippen LogP) is -1.43. The Labute approximate surface area is 421 Å². The number of carbonyl (C=O) groups excluding carboxylic acids is 9. The first-order valence-electron chi connectivity index (χ1n) is 24.3. The maximum absolute atomic E-state index is 14.6. The summed E-state index contributed by atoms with van der Waals surface area (Å²) in [6.45, 7) is 3.05. The van der Waals surface area contributed by atoms with E-state index in [1.54, 1.807) is 36.5 Å². The number of carbonyl (C=O) groups is 9. The van der Waals surface area contributed by atoms with Gasteiger partial charge in [-0.2, -0.15) is 0 Å². The summed E-state index contributed by atoms with van der Waals surface area (Å²) in [7, 11) is 0. The van der Waals surface area contributed by atoms with Gasteiger partial charge in [-0.3, -0.25) is 48.6 Å². The van der Waals surface area contributed by atoms with E-state index in [2.05, 4.69) is 62.8 Å². The van der Waals surface area contributed by atoms with Crippen molar-refractivity contribution >= 4 is 70.0 Å². The number of aromatic amines is 2. The lowest BCUT2D eigenvalue weighted by molar-refractivity contribution is -0.135. The van der Waals surface area contributed by atoms with Crippen LogP contribution < -0.4 is 59.3 Å². The van der Waals surface area contributed by atoms with Crippen LogP contribution in [0, 0.1) is 5.41 Å². The van der Waals surface area contributed by atoms with Gasteiger partial charge in [0, 0.05) is 69.0 Å². The normalized spacial score (nSPS) is 20.2. The lowest BCUT2D eigenvalue weighted by Crippen LogP contribution is -2.60. The van der Waals surface area contributed by atoms with E-state index in [0.717, 1.165) is 10.9 Å². The van der Waals surface area contributed by atoms with Crippen LogP contribution in [0.5, 0.6) is 0 Å². The van der Waals surface area contributed by atoms with E-state index >= 15 is 0 Å². The zero-order chi connectivity index (χ0) is 52.9. The minimum Gasteiger partial charge on any atom is -0.370 e. The summed E-state index contributed by atoms with van der Waals surface area (Å²) in [5.74, 6) is -7.20. The molecule has 3 unspecified atom stereocenters. The third-order valence-electron chi connectivity index (χ3n) is 12.1. The van der Waals surface area contributed by atoms with Gasteiger partial charge in [0.2, 0.25) is 53.2 Å². The molecule has 0 saturated carbocycles. The van der Waals surface area contributed by atoms with E-state index in [1.165, 1.54) is 19.4 Å². The predicted molar refractivity (Wildman–Crippen MR) is 268 cm³/mol. The molecule has 16 N–H and O–H groups in total. The van der Waals surface area contributed by atoms with Crippen LogP contribution in [-0.2, 0) is 62.4 Å². The molecule has 1 aliphatic heterocycles. The molecule has 24 heteroatoms. The first-order chi connectivity index (χ1) is 35.0. The van der Waals surface area contributed by atoms with E-state index in [-0.39, 0.29) is 76.8 Å². The lowest BCUT2D eigenvalue weighted by Gasteiger charge is -2.28. The maximum Gasteiger partial charge on any atom is 0.243 e. The van der Waals surface area contributed by atoms with Crippen LogP contribution in [0.15, 0.2) is 73.3 Å². The molecule has 0 aliphatic carbocycles. The van der Waals surface area contributed by atoms with E-state index in [4.69, 9.17) is 16.9 Å². The lowest BCUT2D eigenvalue weighted by atomic mass is 10.0. The third kappa shape index (κ3) is 17.8. The quantitative estimate of drug-likeness (QED) is 0.0292. The van der Waals surface area contributed by atoms with Crippen LogP contribution in [-0.4, -0.2) is 129 Å². The maximum atomic E-state index is 14.6. The number of para-hydroxylation sites is 1. The van der Waals surface area contributed by atoms with Crippen LogP contribution in [0.2, 0.25) is 0 Å². The van der Waals surface area contributed by atoms with Crippen LogP contribution in [0.3, 0.4) is 0 Å². The average molecular weight is 1010 g/mol. The number of amides is 9. The van der Waals surface area contributed by atoms with Gasteiger partial charge in [-0.1, -0.05) is 68.3 Å². The highest BCUT2D eigenvalue weighted by atomic mass is 16.2. The smallest absolute Gasteiger partial charge is 0.243 e. The average Bonchev–Trinajstić information content (AvgIpc) is 4.03. The molecule has 3 heterocycles. The van der Waals surface area contributed by atoms with E-state index < -0.39 is 95.5 Å². The summed E-state index contributed by atoms with van der Waals surface area (Å²) >= 11 is 0. The Bertz CT molecular complexity index is 2550. The number of unbranched alkanes of at least 4 members (excludes halogenated alkanes) is 1. The van der Waals surface area contributed by atoms with Gasteiger partial charge in [-0.25, -0.2) is 4.98 Å². The Morgan fingerprint density at radius 2 is 1.48 bits per heavy atom. The molecule has 0 radical (unpaired) electrons.